The Labute approximate surface area is 116 Å². The number of aromatic nitrogens is 1. The summed E-state index contributed by atoms with van der Waals surface area (Å²) in [6.07, 6.45) is 1.74. The second kappa shape index (κ2) is 5.17. The molecule has 20 heavy (non-hydrogen) atoms. The average molecular weight is 267 g/mol. The number of nitrogens with two attached hydrogens (primary N) is 1. The molecule has 0 aliphatic carbocycles. The second-order valence-corrected chi connectivity index (χ2v) is 4.58. The number of anilines is 2. The number of rotatable bonds is 3. The third kappa shape index (κ3) is 2.40. The smallest absolute Gasteiger partial charge is 0.123 e. The van der Waals surface area contributed by atoms with Crippen LogP contribution in [-0.4, -0.2) is 4.98 Å². The predicted molar refractivity (Wildman–Crippen MR) is 79.9 cm³/mol. The summed E-state index contributed by atoms with van der Waals surface area (Å²) in [6, 6.07) is 14.1. The minimum atomic E-state index is -0.236. The molecule has 0 aliphatic rings. The Morgan fingerprint density at radius 3 is 2.85 bits per heavy atom. The fourth-order valence-corrected chi connectivity index (χ4v) is 2.17. The number of nitrogens with zero attached hydrogens (tertiary/aromatic N) is 1. The van der Waals surface area contributed by atoms with Crippen molar-refractivity contribution in [3.05, 3.63) is 66.1 Å². The molecule has 0 atom stereocenters. The second-order valence-electron chi connectivity index (χ2n) is 4.58. The lowest BCUT2D eigenvalue weighted by molar-refractivity contribution is 0.626. The van der Waals surface area contributed by atoms with E-state index in [1.165, 1.54) is 12.1 Å². The summed E-state index contributed by atoms with van der Waals surface area (Å²) in [7, 11) is 0. The molecule has 3 N–H and O–H groups in total. The van der Waals surface area contributed by atoms with E-state index in [-0.39, 0.29) is 5.82 Å². The fraction of sp³-hybridized carbons (Fsp3) is 0.0625. The predicted octanol–water partition coefficient (Wildman–Crippen LogP) is 3.57. The van der Waals surface area contributed by atoms with Gasteiger partial charge in [0.15, 0.2) is 0 Å². The highest BCUT2D eigenvalue weighted by molar-refractivity contribution is 5.96. The molecule has 0 unspecified atom stereocenters. The van der Waals surface area contributed by atoms with E-state index in [4.69, 9.17) is 5.73 Å². The highest BCUT2D eigenvalue weighted by atomic mass is 19.1. The number of nitrogens with one attached hydrogen (secondary N) is 1. The third-order valence-electron chi connectivity index (χ3n) is 3.20. The Balaban J connectivity index is 1.86. The van der Waals surface area contributed by atoms with Crippen molar-refractivity contribution in [1.29, 1.82) is 0 Å². The largest absolute Gasteiger partial charge is 0.397 e. The molecule has 0 bridgehead atoms. The van der Waals surface area contributed by atoms with Gasteiger partial charge in [-0.15, -0.1) is 0 Å². The summed E-state index contributed by atoms with van der Waals surface area (Å²) in [4.78, 5) is 4.26. The molecule has 0 fully saturated rings. The Morgan fingerprint density at radius 2 is 2.00 bits per heavy atom. The molecule has 3 aromatic rings. The lowest BCUT2D eigenvalue weighted by Gasteiger charge is -2.11. The Bertz CT molecular complexity index is 756. The van der Waals surface area contributed by atoms with E-state index in [2.05, 4.69) is 10.3 Å². The summed E-state index contributed by atoms with van der Waals surface area (Å²) in [6.45, 7) is 0.522. The number of hydrogen-bond acceptors (Lipinski definition) is 3. The zero-order valence-corrected chi connectivity index (χ0v) is 10.8. The van der Waals surface area contributed by atoms with Gasteiger partial charge in [0.1, 0.15) is 5.82 Å². The van der Waals surface area contributed by atoms with Gasteiger partial charge in [0.25, 0.3) is 0 Å². The number of pyridine rings is 1. The average Bonchev–Trinajstić information content (AvgIpc) is 2.47. The Morgan fingerprint density at radius 1 is 1.10 bits per heavy atom. The maximum atomic E-state index is 13.1. The van der Waals surface area contributed by atoms with Crippen LogP contribution in [0.15, 0.2) is 54.7 Å². The van der Waals surface area contributed by atoms with Gasteiger partial charge in [0.2, 0.25) is 0 Å². The van der Waals surface area contributed by atoms with E-state index in [9.17, 15) is 4.39 Å². The molecule has 0 spiro atoms. The number of halogens is 1. The van der Waals surface area contributed by atoms with Crippen molar-refractivity contribution >= 4 is 22.3 Å². The summed E-state index contributed by atoms with van der Waals surface area (Å²) < 4.78 is 13.1. The lowest BCUT2D eigenvalue weighted by Crippen LogP contribution is -2.03. The van der Waals surface area contributed by atoms with Crippen molar-refractivity contribution in [2.45, 2.75) is 6.54 Å². The zero-order chi connectivity index (χ0) is 13.9. The van der Waals surface area contributed by atoms with Crippen LogP contribution >= 0.6 is 0 Å². The maximum absolute atomic E-state index is 13.1. The van der Waals surface area contributed by atoms with Gasteiger partial charge in [-0.25, -0.2) is 4.39 Å². The minimum Gasteiger partial charge on any atom is -0.397 e. The monoisotopic (exact) mass is 267 g/mol. The highest BCUT2D eigenvalue weighted by Crippen LogP contribution is 2.27. The quantitative estimate of drug-likeness (QED) is 0.713. The van der Waals surface area contributed by atoms with E-state index >= 15 is 0 Å². The molecule has 2 aromatic carbocycles. The summed E-state index contributed by atoms with van der Waals surface area (Å²) in [5, 5.41) is 4.14. The fourth-order valence-electron chi connectivity index (χ4n) is 2.17. The molecule has 0 amide bonds. The normalized spacial score (nSPS) is 10.7. The molecule has 0 aliphatic heterocycles. The molecule has 3 rings (SSSR count). The van der Waals surface area contributed by atoms with E-state index in [1.807, 2.05) is 30.3 Å². The van der Waals surface area contributed by atoms with Crippen molar-refractivity contribution in [1.82, 2.24) is 4.98 Å². The molecule has 3 nitrogen and oxygen atoms in total. The topological polar surface area (TPSA) is 50.9 Å². The SMILES string of the molecule is Nc1c(NCc2cccc(F)c2)ccc2ncccc12. The standard InChI is InChI=1S/C16H14FN3/c17-12-4-1-3-11(9-12)10-20-15-7-6-14-13(16(15)18)5-2-8-19-14/h1-9,20H,10,18H2. The molecule has 1 aromatic heterocycles. The van der Waals surface area contributed by atoms with Gasteiger partial charge < -0.3 is 11.1 Å². The van der Waals surface area contributed by atoms with Crippen molar-refractivity contribution in [2.24, 2.45) is 0 Å². The van der Waals surface area contributed by atoms with Crippen molar-refractivity contribution in [3.8, 4) is 0 Å². The van der Waals surface area contributed by atoms with Crippen LogP contribution in [0.1, 0.15) is 5.56 Å². The maximum Gasteiger partial charge on any atom is 0.123 e. The van der Waals surface area contributed by atoms with Crippen LogP contribution in [0.5, 0.6) is 0 Å². The van der Waals surface area contributed by atoms with Crippen molar-refractivity contribution < 1.29 is 4.39 Å². The molecule has 100 valence electrons. The van der Waals surface area contributed by atoms with Crippen LogP contribution < -0.4 is 11.1 Å². The molecule has 0 radical (unpaired) electrons. The van der Waals surface area contributed by atoms with Gasteiger partial charge in [0, 0.05) is 18.1 Å². The third-order valence-corrected chi connectivity index (χ3v) is 3.20. The summed E-state index contributed by atoms with van der Waals surface area (Å²) in [5.74, 6) is -0.236. The first kappa shape index (κ1) is 12.4. The van der Waals surface area contributed by atoms with Crippen LogP contribution in [-0.2, 0) is 6.54 Å². The van der Waals surface area contributed by atoms with Gasteiger partial charge in [0.05, 0.1) is 16.9 Å². The number of benzene rings is 2. The first-order valence-corrected chi connectivity index (χ1v) is 6.35. The highest BCUT2D eigenvalue weighted by Gasteiger charge is 2.04. The minimum absolute atomic E-state index is 0.236. The van der Waals surface area contributed by atoms with Crippen LogP contribution in [0.2, 0.25) is 0 Å². The molecule has 0 saturated heterocycles. The molecule has 1 heterocycles. The van der Waals surface area contributed by atoms with E-state index in [0.29, 0.717) is 12.2 Å². The first-order valence-electron chi connectivity index (χ1n) is 6.35. The van der Waals surface area contributed by atoms with Crippen LogP contribution in [0.25, 0.3) is 10.9 Å². The van der Waals surface area contributed by atoms with E-state index in [0.717, 1.165) is 22.2 Å². The van der Waals surface area contributed by atoms with Gasteiger partial charge in [-0.2, -0.15) is 0 Å². The van der Waals surface area contributed by atoms with Crippen molar-refractivity contribution in [3.63, 3.8) is 0 Å². The van der Waals surface area contributed by atoms with Crippen molar-refractivity contribution in [2.75, 3.05) is 11.1 Å². The number of hydrogen-bond donors (Lipinski definition) is 2. The number of nitrogen functional groups attached to an aromatic ring is 1. The summed E-state index contributed by atoms with van der Waals surface area (Å²) >= 11 is 0. The van der Waals surface area contributed by atoms with Gasteiger partial charge in [-0.05, 0) is 42.0 Å². The lowest BCUT2D eigenvalue weighted by atomic mass is 10.1. The molecule has 0 saturated carbocycles. The van der Waals surface area contributed by atoms with Gasteiger partial charge in [-0.1, -0.05) is 12.1 Å². The summed E-state index contributed by atoms with van der Waals surface area (Å²) in [5.41, 5.74) is 9.36. The van der Waals surface area contributed by atoms with Crippen LogP contribution in [0.4, 0.5) is 15.8 Å². The van der Waals surface area contributed by atoms with E-state index in [1.54, 1.807) is 12.3 Å². The van der Waals surface area contributed by atoms with Gasteiger partial charge in [-0.3, -0.25) is 4.98 Å². The van der Waals surface area contributed by atoms with Gasteiger partial charge >= 0.3 is 0 Å². The molecular formula is C16H14FN3. The Hall–Kier alpha value is -2.62. The molecular weight excluding hydrogens is 253 g/mol. The number of fused-ring (bicyclic) bond motifs is 1. The molecule has 4 heteroatoms. The van der Waals surface area contributed by atoms with E-state index < -0.39 is 0 Å². The Kier molecular flexibility index (Phi) is 3.21. The first-order chi connectivity index (χ1) is 9.74. The van der Waals surface area contributed by atoms with Crippen LogP contribution in [0, 0.1) is 5.82 Å². The zero-order valence-electron chi connectivity index (χ0n) is 10.8. The van der Waals surface area contributed by atoms with Crippen LogP contribution in [0.3, 0.4) is 0 Å².